The Labute approximate surface area is 179 Å². The molecule has 0 aromatic heterocycles. The van der Waals surface area contributed by atoms with Gasteiger partial charge in [-0.25, -0.2) is 0 Å². The molecule has 0 saturated heterocycles. The highest BCUT2D eigenvalue weighted by Crippen LogP contribution is 2.20. The molecule has 0 saturated carbocycles. The summed E-state index contributed by atoms with van der Waals surface area (Å²) in [5.74, 6) is 0. The molecule has 0 amide bonds. The van der Waals surface area contributed by atoms with Gasteiger partial charge in [0.05, 0.1) is 0 Å². The molecular weight excluding hydrogens is 360 g/mol. The molecule has 0 aromatic carbocycles. The lowest BCUT2D eigenvalue weighted by molar-refractivity contribution is 0.163. The number of hydrogen-bond acceptors (Lipinski definition) is 2. The van der Waals surface area contributed by atoms with E-state index in [1.54, 1.807) is 0 Å². The monoisotopic (exact) mass is 414 g/mol. The van der Waals surface area contributed by atoms with Gasteiger partial charge in [0.1, 0.15) is 0 Å². The first-order valence-corrected chi connectivity index (χ1v) is 15.3. The third-order valence-corrected chi connectivity index (χ3v) is 9.67. The molecule has 0 aromatic rings. The van der Waals surface area contributed by atoms with Crippen molar-refractivity contribution >= 4 is 8.56 Å². The highest BCUT2D eigenvalue weighted by Gasteiger charge is 2.33. The Hall–Kier alpha value is 0.137. The van der Waals surface area contributed by atoms with Crippen LogP contribution in [0.1, 0.15) is 137 Å². The highest BCUT2D eigenvalue weighted by molar-refractivity contribution is 6.67. The molecule has 0 aliphatic rings. The van der Waals surface area contributed by atoms with Crippen molar-refractivity contribution in [3.05, 3.63) is 0 Å². The van der Waals surface area contributed by atoms with Gasteiger partial charge in [-0.05, 0) is 24.9 Å². The zero-order chi connectivity index (χ0) is 20.8. The van der Waals surface area contributed by atoms with Gasteiger partial charge in [0.2, 0.25) is 0 Å². The molecule has 0 aliphatic heterocycles. The molecule has 170 valence electrons. The summed E-state index contributed by atoms with van der Waals surface area (Å²) in [5.41, 5.74) is 0. The van der Waals surface area contributed by atoms with Crippen LogP contribution in [0.5, 0.6) is 0 Å². The highest BCUT2D eigenvalue weighted by atomic mass is 28.4. The topological polar surface area (TPSA) is 18.5 Å². The van der Waals surface area contributed by atoms with Gasteiger partial charge in [-0.15, -0.1) is 0 Å². The third kappa shape index (κ3) is 17.0. The smallest absolute Gasteiger partial charge is 0.337 e. The molecule has 0 fully saturated rings. The summed E-state index contributed by atoms with van der Waals surface area (Å²) in [6.07, 6.45) is 23.3. The maximum absolute atomic E-state index is 6.36. The van der Waals surface area contributed by atoms with Gasteiger partial charge in [0, 0.05) is 13.2 Å². The van der Waals surface area contributed by atoms with E-state index < -0.39 is 8.56 Å². The molecule has 0 atom stereocenters. The second kappa shape index (κ2) is 21.8. The van der Waals surface area contributed by atoms with Crippen molar-refractivity contribution in [2.45, 2.75) is 149 Å². The average molecular weight is 415 g/mol. The summed E-state index contributed by atoms with van der Waals surface area (Å²) < 4.78 is 12.7. The zero-order valence-corrected chi connectivity index (χ0v) is 21.2. The van der Waals surface area contributed by atoms with Crippen molar-refractivity contribution in [3.63, 3.8) is 0 Å². The van der Waals surface area contributed by atoms with Crippen molar-refractivity contribution in [3.8, 4) is 0 Å². The molecule has 0 bridgehead atoms. The van der Waals surface area contributed by atoms with E-state index >= 15 is 0 Å². The fraction of sp³-hybridized carbons (Fsp3) is 1.00. The van der Waals surface area contributed by atoms with Crippen LogP contribution in [0.15, 0.2) is 0 Å². The van der Waals surface area contributed by atoms with Crippen LogP contribution in [0.4, 0.5) is 0 Å². The van der Waals surface area contributed by atoms with Crippen LogP contribution in [-0.2, 0) is 8.85 Å². The summed E-state index contributed by atoms with van der Waals surface area (Å²) in [4.78, 5) is 0. The Kier molecular flexibility index (Phi) is 21.9. The summed E-state index contributed by atoms with van der Waals surface area (Å²) in [5, 5.41) is 0. The van der Waals surface area contributed by atoms with Crippen LogP contribution in [-0.4, -0.2) is 21.8 Å². The molecule has 2 nitrogen and oxygen atoms in total. The van der Waals surface area contributed by atoms with Crippen LogP contribution in [0.3, 0.4) is 0 Å². The van der Waals surface area contributed by atoms with Gasteiger partial charge >= 0.3 is 8.56 Å². The molecule has 0 heterocycles. The van der Waals surface area contributed by atoms with Crippen molar-refractivity contribution in [2.75, 3.05) is 13.2 Å². The zero-order valence-electron chi connectivity index (χ0n) is 20.2. The van der Waals surface area contributed by atoms with Crippen molar-refractivity contribution in [1.82, 2.24) is 0 Å². The second-order valence-electron chi connectivity index (χ2n) is 8.62. The van der Waals surface area contributed by atoms with E-state index in [0.29, 0.717) is 0 Å². The molecule has 0 radical (unpaired) electrons. The lowest BCUT2D eigenvalue weighted by Gasteiger charge is -2.29. The van der Waals surface area contributed by atoms with E-state index in [2.05, 4.69) is 27.7 Å². The van der Waals surface area contributed by atoms with Gasteiger partial charge in [-0.1, -0.05) is 124 Å². The lowest BCUT2D eigenvalue weighted by Crippen LogP contribution is -2.41. The van der Waals surface area contributed by atoms with Crippen LogP contribution < -0.4 is 0 Å². The Balaban J connectivity index is 3.57. The van der Waals surface area contributed by atoms with E-state index in [1.807, 2.05) is 0 Å². The minimum absolute atomic E-state index is 0.913. The van der Waals surface area contributed by atoms with Crippen molar-refractivity contribution < 1.29 is 8.85 Å². The molecule has 3 heteroatoms. The van der Waals surface area contributed by atoms with Gasteiger partial charge in [-0.2, -0.15) is 0 Å². The molecule has 0 N–H and O–H groups in total. The SMILES string of the molecule is CCCCCCCCCCCCCCO[Si](CC)(CC)OCCCCCCC. The maximum atomic E-state index is 6.36. The Morgan fingerprint density at radius 1 is 0.393 bits per heavy atom. The fourth-order valence-electron chi connectivity index (χ4n) is 3.86. The predicted octanol–water partition coefficient (Wildman–Crippen LogP) is 9.17. The van der Waals surface area contributed by atoms with Crippen LogP contribution in [0.25, 0.3) is 0 Å². The third-order valence-electron chi connectivity index (χ3n) is 6.05. The van der Waals surface area contributed by atoms with Gasteiger partial charge in [-0.3, -0.25) is 0 Å². The summed E-state index contributed by atoms with van der Waals surface area (Å²) >= 11 is 0. The van der Waals surface area contributed by atoms with E-state index in [-0.39, 0.29) is 0 Å². The van der Waals surface area contributed by atoms with E-state index in [4.69, 9.17) is 8.85 Å². The van der Waals surface area contributed by atoms with Crippen molar-refractivity contribution in [1.29, 1.82) is 0 Å². The second-order valence-corrected chi connectivity index (χ2v) is 12.4. The largest absolute Gasteiger partial charge is 0.394 e. The van der Waals surface area contributed by atoms with E-state index in [1.165, 1.54) is 109 Å². The Bertz CT molecular complexity index is 292. The van der Waals surface area contributed by atoms with Gasteiger partial charge in [0.15, 0.2) is 0 Å². The maximum Gasteiger partial charge on any atom is 0.337 e. The van der Waals surface area contributed by atoms with Crippen LogP contribution in [0.2, 0.25) is 12.1 Å². The van der Waals surface area contributed by atoms with Crippen LogP contribution >= 0.6 is 0 Å². The van der Waals surface area contributed by atoms with E-state index in [9.17, 15) is 0 Å². The van der Waals surface area contributed by atoms with Gasteiger partial charge < -0.3 is 8.85 Å². The average Bonchev–Trinajstić information content (AvgIpc) is 2.72. The standard InChI is InChI=1S/C25H54O2Si/c1-5-9-11-13-14-15-16-17-18-19-21-23-25-27-28(7-3,8-4)26-24-22-20-12-10-6-2/h5-25H2,1-4H3. The number of unbranched alkanes of at least 4 members (excludes halogenated alkanes) is 15. The Morgan fingerprint density at radius 3 is 0.964 bits per heavy atom. The van der Waals surface area contributed by atoms with Gasteiger partial charge in [0.25, 0.3) is 0 Å². The lowest BCUT2D eigenvalue weighted by atomic mass is 10.1. The van der Waals surface area contributed by atoms with E-state index in [0.717, 1.165) is 25.3 Å². The van der Waals surface area contributed by atoms with Crippen molar-refractivity contribution in [2.24, 2.45) is 0 Å². The summed E-state index contributed by atoms with van der Waals surface area (Å²) in [7, 11) is -1.91. The molecular formula is C25H54O2Si. The summed E-state index contributed by atoms with van der Waals surface area (Å²) in [6.45, 7) is 10.9. The first kappa shape index (κ1) is 28.1. The number of rotatable bonds is 23. The molecule has 28 heavy (non-hydrogen) atoms. The first-order chi connectivity index (χ1) is 13.7. The fourth-order valence-corrected chi connectivity index (χ4v) is 6.30. The minimum Gasteiger partial charge on any atom is -0.394 e. The quantitative estimate of drug-likeness (QED) is 0.122. The summed E-state index contributed by atoms with van der Waals surface area (Å²) in [6, 6.07) is 2.19. The molecule has 0 rings (SSSR count). The van der Waals surface area contributed by atoms with Crippen LogP contribution in [0, 0.1) is 0 Å². The number of hydrogen-bond donors (Lipinski definition) is 0. The molecule has 0 aliphatic carbocycles. The molecule has 0 spiro atoms. The Morgan fingerprint density at radius 2 is 0.679 bits per heavy atom. The predicted molar refractivity (Wildman–Crippen MR) is 128 cm³/mol. The normalized spacial score (nSPS) is 12.0. The minimum atomic E-state index is -1.91. The first-order valence-electron chi connectivity index (χ1n) is 13.0. The molecule has 0 unspecified atom stereocenters.